The fourth-order valence-corrected chi connectivity index (χ4v) is 3.69. The number of nitrogens with zero attached hydrogens (tertiary/aromatic N) is 1. The molecule has 2 heterocycles. The van der Waals surface area contributed by atoms with Crippen molar-refractivity contribution in [2.45, 2.75) is 26.8 Å². The molecule has 0 bridgehead atoms. The quantitative estimate of drug-likeness (QED) is 0.540. The smallest absolute Gasteiger partial charge is 0.337 e. The molecule has 0 saturated heterocycles. The molecule has 30 heavy (non-hydrogen) atoms. The first kappa shape index (κ1) is 21.6. The van der Waals surface area contributed by atoms with Gasteiger partial charge in [0.1, 0.15) is 17.6 Å². The summed E-state index contributed by atoms with van der Waals surface area (Å²) in [7, 11) is 1.35. The lowest BCUT2D eigenvalue weighted by Gasteiger charge is -2.31. The molecule has 0 saturated carbocycles. The molecule has 8 heteroatoms. The number of benzene rings is 1. The molecular formula is C22H25N3O4S. The number of furan rings is 1. The van der Waals surface area contributed by atoms with Gasteiger partial charge in [0, 0.05) is 24.4 Å². The van der Waals surface area contributed by atoms with E-state index in [1.54, 1.807) is 29.2 Å². The Morgan fingerprint density at radius 2 is 1.80 bits per heavy atom. The predicted molar refractivity (Wildman–Crippen MR) is 118 cm³/mol. The molecule has 1 aromatic carbocycles. The Balaban J connectivity index is 1.93. The summed E-state index contributed by atoms with van der Waals surface area (Å²) in [5.74, 6) is 0.750. The van der Waals surface area contributed by atoms with Crippen LogP contribution in [0.3, 0.4) is 0 Å². The third-order valence-electron chi connectivity index (χ3n) is 5.05. The van der Waals surface area contributed by atoms with Crippen LogP contribution in [0.1, 0.15) is 42.9 Å². The highest BCUT2D eigenvalue weighted by molar-refractivity contribution is 7.80. The van der Waals surface area contributed by atoms with E-state index in [0.29, 0.717) is 46.6 Å². The SMILES string of the molecule is CCN(CC)C(=O)C1=C(C)NC(=S)N[C@@H]1c1ccc(-c2ccc(C(=O)OC)cc2)o1. The van der Waals surface area contributed by atoms with Crippen LogP contribution in [0.25, 0.3) is 11.3 Å². The van der Waals surface area contributed by atoms with Crippen LogP contribution in [0, 0.1) is 0 Å². The summed E-state index contributed by atoms with van der Waals surface area (Å²) in [5.41, 5.74) is 2.56. The lowest BCUT2D eigenvalue weighted by molar-refractivity contribution is -0.127. The van der Waals surface area contributed by atoms with E-state index in [0.717, 1.165) is 5.56 Å². The molecular weight excluding hydrogens is 402 g/mol. The van der Waals surface area contributed by atoms with Crippen LogP contribution < -0.4 is 10.6 Å². The summed E-state index contributed by atoms with van der Waals surface area (Å²) < 4.78 is 10.8. The highest BCUT2D eigenvalue weighted by Crippen LogP contribution is 2.32. The Morgan fingerprint density at radius 3 is 2.40 bits per heavy atom. The number of carbonyl (C=O) groups excluding carboxylic acids is 2. The van der Waals surface area contributed by atoms with Crippen molar-refractivity contribution in [3.8, 4) is 11.3 Å². The van der Waals surface area contributed by atoms with Crippen molar-refractivity contribution in [2.24, 2.45) is 0 Å². The molecule has 1 aliphatic rings. The van der Waals surface area contributed by atoms with Crippen molar-refractivity contribution >= 4 is 29.2 Å². The number of nitrogens with one attached hydrogen (secondary N) is 2. The van der Waals surface area contributed by atoms with Crippen LogP contribution in [0.2, 0.25) is 0 Å². The van der Waals surface area contributed by atoms with Crippen LogP contribution in [0.4, 0.5) is 0 Å². The Bertz CT molecular complexity index is 990. The van der Waals surface area contributed by atoms with Gasteiger partial charge in [-0.1, -0.05) is 12.1 Å². The fourth-order valence-electron chi connectivity index (χ4n) is 3.42. The molecule has 0 spiro atoms. The molecule has 1 aliphatic heterocycles. The summed E-state index contributed by atoms with van der Waals surface area (Å²) in [6.45, 7) is 6.96. The lowest BCUT2D eigenvalue weighted by atomic mass is 9.99. The van der Waals surface area contributed by atoms with E-state index >= 15 is 0 Å². The molecule has 1 aromatic heterocycles. The lowest BCUT2D eigenvalue weighted by Crippen LogP contribution is -2.47. The normalized spacial score (nSPS) is 16.0. The number of rotatable bonds is 6. The molecule has 0 radical (unpaired) electrons. The first-order chi connectivity index (χ1) is 14.4. The largest absolute Gasteiger partial charge is 0.465 e. The van der Waals surface area contributed by atoms with Crippen LogP contribution in [-0.2, 0) is 9.53 Å². The van der Waals surface area contributed by atoms with Gasteiger partial charge in [0.15, 0.2) is 5.11 Å². The topological polar surface area (TPSA) is 83.8 Å². The van der Waals surface area contributed by atoms with Crippen LogP contribution in [0.5, 0.6) is 0 Å². The molecule has 0 aliphatic carbocycles. The van der Waals surface area contributed by atoms with Gasteiger partial charge in [0.05, 0.1) is 18.2 Å². The third kappa shape index (κ3) is 4.23. The Hall–Kier alpha value is -3.13. The number of carbonyl (C=O) groups is 2. The maximum atomic E-state index is 13.1. The van der Waals surface area contributed by atoms with Gasteiger partial charge in [0.2, 0.25) is 0 Å². The van der Waals surface area contributed by atoms with Crippen molar-refractivity contribution in [3.63, 3.8) is 0 Å². The molecule has 1 atom stereocenters. The maximum absolute atomic E-state index is 13.1. The van der Waals surface area contributed by atoms with Gasteiger partial charge in [-0.05, 0) is 57.3 Å². The number of hydrogen-bond donors (Lipinski definition) is 2. The maximum Gasteiger partial charge on any atom is 0.337 e. The second kappa shape index (κ2) is 9.13. The summed E-state index contributed by atoms with van der Waals surface area (Å²) in [4.78, 5) is 26.5. The van der Waals surface area contributed by atoms with Crippen molar-refractivity contribution in [3.05, 3.63) is 59.0 Å². The highest BCUT2D eigenvalue weighted by atomic mass is 32.1. The third-order valence-corrected chi connectivity index (χ3v) is 5.27. The van der Waals surface area contributed by atoms with Crippen LogP contribution in [0.15, 0.2) is 52.1 Å². The van der Waals surface area contributed by atoms with Gasteiger partial charge < -0.3 is 24.7 Å². The first-order valence-corrected chi connectivity index (χ1v) is 10.2. The average molecular weight is 428 g/mol. The van der Waals surface area contributed by atoms with Gasteiger partial charge in [-0.3, -0.25) is 4.79 Å². The molecule has 7 nitrogen and oxygen atoms in total. The molecule has 1 amide bonds. The van der Waals surface area contributed by atoms with Gasteiger partial charge in [-0.2, -0.15) is 0 Å². The van der Waals surface area contributed by atoms with Crippen molar-refractivity contribution in [1.82, 2.24) is 15.5 Å². The van der Waals surface area contributed by atoms with Gasteiger partial charge in [-0.25, -0.2) is 4.79 Å². The van der Waals surface area contributed by atoms with E-state index in [1.165, 1.54) is 7.11 Å². The number of thiocarbonyl (C=S) groups is 1. The molecule has 2 aromatic rings. The number of allylic oxidation sites excluding steroid dienone is 1. The summed E-state index contributed by atoms with van der Waals surface area (Å²) in [6.07, 6.45) is 0. The van der Waals surface area contributed by atoms with Gasteiger partial charge in [-0.15, -0.1) is 0 Å². The zero-order valence-electron chi connectivity index (χ0n) is 17.4. The number of hydrogen-bond acceptors (Lipinski definition) is 5. The van der Waals surface area contributed by atoms with Crippen LogP contribution in [-0.4, -0.2) is 42.1 Å². The standard InChI is InChI=1S/C22H25N3O4S/c1-5-25(6-2)20(26)18-13(3)23-22(30)24-19(18)17-12-11-16(29-17)14-7-9-15(10-8-14)21(27)28-4/h7-12,19H,5-6H2,1-4H3,(H2,23,24,30)/t19-/m1/s1. The predicted octanol–water partition coefficient (Wildman–Crippen LogP) is 3.39. The second-order valence-corrected chi connectivity index (χ2v) is 7.23. The Kier molecular flexibility index (Phi) is 6.56. The van der Waals surface area contributed by atoms with E-state index in [9.17, 15) is 9.59 Å². The van der Waals surface area contributed by atoms with E-state index in [-0.39, 0.29) is 5.91 Å². The average Bonchev–Trinajstić information content (AvgIpc) is 3.23. The molecule has 3 rings (SSSR count). The van der Waals surface area contributed by atoms with E-state index < -0.39 is 12.0 Å². The van der Waals surface area contributed by atoms with E-state index in [4.69, 9.17) is 21.4 Å². The number of amides is 1. The van der Waals surface area contributed by atoms with Crippen molar-refractivity contribution in [1.29, 1.82) is 0 Å². The highest BCUT2D eigenvalue weighted by Gasteiger charge is 2.33. The number of ether oxygens (including phenoxy) is 1. The minimum absolute atomic E-state index is 0.0645. The first-order valence-electron chi connectivity index (χ1n) is 9.75. The van der Waals surface area contributed by atoms with Crippen LogP contribution >= 0.6 is 12.2 Å². The zero-order valence-corrected chi connectivity index (χ0v) is 18.3. The van der Waals surface area contributed by atoms with Gasteiger partial charge in [0.25, 0.3) is 5.91 Å². The molecule has 158 valence electrons. The summed E-state index contributed by atoms with van der Waals surface area (Å²) >= 11 is 5.31. The van der Waals surface area contributed by atoms with E-state index in [2.05, 4.69) is 10.6 Å². The minimum Gasteiger partial charge on any atom is -0.465 e. The van der Waals surface area contributed by atoms with E-state index in [1.807, 2.05) is 32.9 Å². The fraction of sp³-hybridized carbons (Fsp3) is 0.318. The summed E-state index contributed by atoms with van der Waals surface area (Å²) in [5, 5.41) is 6.63. The zero-order chi connectivity index (χ0) is 21.8. The Labute approximate surface area is 181 Å². The monoisotopic (exact) mass is 427 g/mol. The molecule has 0 fully saturated rings. The minimum atomic E-state index is -0.491. The molecule has 0 unspecified atom stereocenters. The van der Waals surface area contributed by atoms with Crippen molar-refractivity contribution in [2.75, 3.05) is 20.2 Å². The number of esters is 1. The molecule has 2 N–H and O–H groups in total. The number of methoxy groups -OCH3 is 1. The summed E-state index contributed by atoms with van der Waals surface area (Å²) in [6, 6.07) is 10.1. The number of likely N-dealkylation sites (N-methyl/N-ethyl adjacent to an activating group) is 1. The van der Waals surface area contributed by atoms with Crippen molar-refractivity contribution < 1.29 is 18.7 Å². The Morgan fingerprint density at radius 1 is 1.13 bits per heavy atom. The van der Waals surface area contributed by atoms with Gasteiger partial charge >= 0.3 is 5.97 Å². The second-order valence-electron chi connectivity index (χ2n) is 6.82.